The van der Waals surface area contributed by atoms with Gasteiger partial charge in [-0.15, -0.1) is 0 Å². The minimum Gasteiger partial charge on any atom is -0.491 e. The van der Waals surface area contributed by atoms with E-state index in [9.17, 15) is 5.11 Å². The first-order chi connectivity index (χ1) is 33.2. The van der Waals surface area contributed by atoms with Crippen molar-refractivity contribution in [2.45, 2.75) is 186 Å². The van der Waals surface area contributed by atoms with E-state index in [1.165, 1.54) is 151 Å². The van der Waals surface area contributed by atoms with E-state index in [0.29, 0.717) is 26.4 Å². The Morgan fingerprint density at radius 1 is 0.353 bits per heavy atom. The van der Waals surface area contributed by atoms with Crippen LogP contribution in [0, 0.1) is 0 Å². The molecule has 378 valence electrons. The molecule has 2 atom stereocenters. The molecule has 0 saturated heterocycles. The summed E-state index contributed by atoms with van der Waals surface area (Å²) in [5.74, 6) is 3.18. The van der Waals surface area contributed by atoms with Crippen LogP contribution in [0.4, 0.5) is 0 Å². The predicted molar refractivity (Wildman–Crippen MR) is 283 cm³/mol. The normalized spacial score (nSPS) is 13.7. The highest BCUT2D eigenvalue weighted by Crippen LogP contribution is 2.40. The number of methoxy groups -OCH3 is 2. The Bertz CT molecular complexity index is 1690. The third kappa shape index (κ3) is 20.5. The number of unbranched alkanes of at least 4 members (excludes halogenated alkanes) is 18. The van der Waals surface area contributed by atoms with Gasteiger partial charge >= 0.3 is 0 Å². The van der Waals surface area contributed by atoms with Crippen molar-refractivity contribution in [3.8, 4) is 23.0 Å². The van der Waals surface area contributed by atoms with E-state index in [-0.39, 0.29) is 24.0 Å². The molecule has 0 amide bonds. The molecule has 4 aromatic rings. The molecule has 4 rings (SSSR count). The predicted octanol–water partition coefficient (Wildman–Crippen LogP) is 15.8. The third-order valence-corrected chi connectivity index (χ3v) is 14.0. The summed E-state index contributed by atoms with van der Waals surface area (Å²) in [5.41, 5.74) is 4.73. The Kier molecular flexibility index (Phi) is 27.8. The van der Waals surface area contributed by atoms with Crippen LogP contribution in [-0.4, -0.2) is 65.1 Å². The lowest BCUT2D eigenvalue weighted by Gasteiger charge is -2.32. The molecular formula is C61H92O7. The summed E-state index contributed by atoms with van der Waals surface area (Å²) in [4.78, 5) is 0. The van der Waals surface area contributed by atoms with Gasteiger partial charge in [0.2, 0.25) is 0 Å². The van der Waals surface area contributed by atoms with E-state index in [0.717, 1.165) is 35.8 Å². The van der Waals surface area contributed by atoms with E-state index in [1.807, 2.05) is 24.3 Å². The fourth-order valence-corrected chi connectivity index (χ4v) is 9.44. The van der Waals surface area contributed by atoms with Crippen molar-refractivity contribution in [3.05, 3.63) is 119 Å². The van der Waals surface area contributed by atoms with Gasteiger partial charge in [-0.2, -0.15) is 0 Å². The maximum Gasteiger partial charge on any atom is 0.122 e. The molecule has 0 fully saturated rings. The average Bonchev–Trinajstić information content (AvgIpc) is 3.37. The summed E-state index contributed by atoms with van der Waals surface area (Å²) in [6.45, 7) is 11.8. The first-order valence-electron chi connectivity index (χ1n) is 26.8. The first kappa shape index (κ1) is 56.5. The quantitative estimate of drug-likeness (QED) is 0.0445. The third-order valence-electron chi connectivity index (χ3n) is 14.0. The minimum atomic E-state index is -0.785. The number of rotatable bonds is 40. The van der Waals surface area contributed by atoms with Crippen LogP contribution in [0.3, 0.4) is 0 Å². The summed E-state index contributed by atoms with van der Waals surface area (Å²) < 4.78 is 34.4. The molecule has 0 bridgehead atoms. The number of hydrogen-bond acceptors (Lipinski definition) is 7. The van der Waals surface area contributed by atoms with Crippen LogP contribution in [0.5, 0.6) is 23.0 Å². The molecule has 0 heterocycles. The molecule has 0 aromatic heterocycles. The molecule has 0 saturated carbocycles. The van der Waals surface area contributed by atoms with Gasteiger partial charge in [0.1, 0.15) is 55.5 Å². The van der Waals surface area contributed by atoms with Gasteiger partial charge < -0.3 is 33.5 Å². The van der Waals surface area contributed by atoms with Gasteiger partial charge in [0.25, 0.3) is 0 Å². The van der Waals surface area contributed by atoms with Crippen molar-refractivity contribution in [1.82, 2.24) is 0 Å². The summed E-state index contributed by atoms with van der Waals surface area (Å²) in [6.07, 6.45) is 27.7. The van der Waals surface area contributed by atoms with Crippen LogP contribution >= 0.6 is 0 Å². The van der Waals surface area contributed by atoms with Crippen LogP contribution in [0.15, 0.2) is 97.1 Å². The van der Waals surface area contributed by atoms with Crippen molar-refractivity contribution in [2.75, 3.05) is 53.9 Å². The van der Waals surface area contributed by atoms with E-state index in [1.54, 1.807) is 14.2 Å². The van der Waals surface area contributed by atoms with E-state index in [2.05, 4.69) is 100 Å². The molecular weight excluding hydrogens is 845 g/mol. The van der Waals surface area contributed by atoms with Crippen LogP contribution in [-0.2, 0) is 20.3 Å². The Labute approximate surface area is 414 Å². The monoisotopic (exact) mass is 937 g/mol. The van der Waals surface area contributed by atoms with Gasteiger partial charge in [-0.1, -0.05) is 205 Å². The summed E-state index contributed by atoms with van der Waals surface area (Å²) in [7, 11) is 3.38. The summed E-state index contributed by atoms with van der Waals surface area (Å²) in [5, 5.41) is 11.0. The molecule has 0 aliphatic carbocycles. The number of hydrogen-bond donors (Lipinski definition) is 1. The number of aliphatic hydroxyl groups is 1. The maximum absolute atomic E-state index is 11.0. The minimum absolute atomic E-state index is 0.139. The lowest BCUT2D eigenvalue weighted by Crippen LogP contribution is -2.26. The molecule has 4 aromatic carbocycles. The Hall–Kier alpha value is -4.04. The van der Waals surface area contributed by atoms with E-state index >= 15 is 0 Å². The van der Waals surface area contributed by atoms with Crippen molar-refractivity contribution in [3.63, 3.8) is 0 Å². The van der Waals surface area contributed by atoms with Crippen LogP contribution in [0.25, 0.3) is 0 Å². The van der Waals surface area contributed by atoms with Crippen molar-refractivity contribution in [1.29, 1.82) is 0 Å². The fourth-order valence-electron chi connectivity index (χ4n) is 9.44. The molecule has 1 N–H and O–H groups in total. The number of ether oxygens (including phenoxy) is 6. The number of benzene rings is 4. The second kappa shape index (κ2) is 33.5. The first-order valence-corrected chi connectivity index (χ1v) is 26.8. The standard InChI is InChI=1S/C61H92O7/c1-7-9-11-13-15-17-19-21-23-25-43-60(3,51-27-35-56(36-28-51)65-47-45-63-5)53-31-39-58(40-32-53)67-49-55(62)50-68-59-41-33-54(34-42-59)61(4,44-26-24-22-20-18-16-14-12-10-8-2)52-29-37-57(38-30-52)66-48-46-64-6/h27-42,55,62H,7-26,43-50H2,1-6H3. The SMILES string of the molecule is CCCCCCCCCCCCC(C)(c1ccc(OCCOC)cc1)c1ccc(OCC(O)COc2ccc(C(C)(CCCCCCCCCCCC)c3ccc(OCCOC)cc3)cc2)cc1. The molecule has 0 spiro atoms. The van der Waals surface area contributed by atoms with E-state index in [4.69, 9.17) is 28.4 Å². The highest BCUT2D eigenvalue weighted by molar-refractivity contribution is 5.44. The maximum atomic E-state index is 11.0. The highest BCUT2D eigenvalue weighted by Gasteiger charge is 2.30. The Balaban J connectivity index is 1.32. The molecule has 7 heteroatoms. The lowest BCUT2D eigenvalue weighted by molar-refractivity contribution is 0.0626. The zero-order valence-electron chi connectivity index (χ0n) is 43.5. The zero-order chi connectivity index (χ0) is 48.6. The second-order valence-electron chi connectivity index (χ2n) is 19.6. The fraction of sp³-hybridized carbons (Fsp3) is 0.607. The Morgan fingerprint density at radius 3 is 0.868 bits per heavy atom. The zero-order valence-corrected chi connectivity index (χ0v) is 43.5. The highest BCUT2D eigenvalue weighted by atomic mass is 16.5. The van der Waals surface area contributed by atoms with Gasteiger partial charge in [0, 0.05) is 25.0 Å². The second-order valence-corrected chi connectivity index (χ2v) is 19.6. The topological polar surface area (TPSA) is 75.6 Å². The Morgan fingerprint density at radius 2 is 0.603 bits per heavy atom. The molecule has 7 nitrogen and oxygen atoms in total. The average molecular weight is 937 g/mol. The lowest BCUT2D eigenvalue weighted by atomic mass is 9.72. The smallest absolute Gasteiger partial charge is 0.122 e. The van der Waals surface area contributed by atoms with Crippen molar-refractivity contribution >= 4 is 0 Å². The van der Waals surface area contributed by atoms with Gasteiger partial charge in [-0.3, -0.25) is 0 Å². The largest absolute Gasteiger partial charge is 0.491 e. The van der Waals surface area contributed by atoms with Crippen LogP contribution in [0.1, 0.15) is 191 Å². The summed E-state index contributed by atoms with van der Waals surface area (Å²) in [6, 6.07) is 34.1. The van der Waals surface area contributed by atoms with Gasteiger partial charge in [0.15, 0.2) is 0 Å². The molecule has 0 aliphatic heterocycles. The molecule has 0 radical (unpaired) electrons. The van der Waals surface area contributed by atoms with Crippen molar-refractivity contribution < 1.29 is 33.5 Å². The van der Waals surface area contributed by atoms with Crippen molar-refractivity contribution in [2.24, 2.45) is 0 Å². The van der Waals surface area contributed by atoms with Gasteiger partial charge in [-0.05, 0) is 83.6 Å². The van der Waals surface area contributed by atoms with Crippen LogP contribution < -0.4 is 18.9 Å². The number of aliphatic hydroxyl groups excluding tert-OH is 1. The summed E-state index contributed by atoms with van der Waals surface area (Å²) >= 11 is 0. The van der Waals surface area contributed by atoms with Crippen LogP contribution in [0.2, 0.25) is 0 Å². The van der Waals surface area contributed by atoms with Gasteiger partial charge in [0.05, 0.1) is 13.2 Å². The molecule has 68 heavy (non-hydrogen) atoms. The molecule has 2 unspecified atom stereocenters. The van der Waals surface area contributed by atoms with Gasteiger partial charge in [-0.25, -0.2) is 0 Å². The molecule has 0 aliphatic rings. The van der Waals surface area contributed by atoms with E-state index < -0.39 is 6.10 Å².